The molecule has 0 saturated carbocycles. The van der Waals surface area contributed by atoms with Crippen molar-refractivity contribution in [2.75, 3.05) is 0 Å². The van der Waals surface area contributed by atoms with Crippen LogP contribution in [0.5, 0.6) is 5.75 Å². The number of para-hydroxylation sites is 1. The molecule has 0 saturated heterocycles. The first kappa shape index (κ1) is 27.3. The molecule has 0 aliphatic rings. The smallest absolute Gasteiger partial charge is 0.336 e. The highest BCUT2D eigenvalue weighted by Crippen LogP contribution is 2.33. The van der Waals surface area contributed by atoms with E-state index in [2.05, 4.69) is 12.2 Å². The predicted molar refractivity (Wildman–Crippen MR) is 155 cm³/mol. The number of benzene rings is 4. The van der Waals surface area contributed by atoms with E-state index in [9.17, 15) is 19.8 Å². The van der Waals surface area contributed by atoms with E-state index in [4.69, 9.17) is 4.99 Å². The van der Waals surface area contributed by atoms with Crippen molar-refractivity contribution in [3.05, 3.63) is 119 Å². The lowest BCUT2D eigenvalue weighted by Gasteiger charge is -2.19. The highest BCUT2D eigenvalue weighted by atomic mass is 16.4. The molecule has 39 heavy (non-hydrogen) atoms. The molecule has 0 spiro atoms. The van der Waals surface area contributed by atoms with Crippen LogP contribution < -0.4 is 5.32 Å². The van der Waals surface area contributed by atoms with Crippen LogP contribution in [0, 0.1) is 6.92 Å². The number of nitrogens with one attached hydrogen (secondary N) is 1. The topological polar surface area (TPSA) is 99.0 Å². The van der Waals surface area contributed by atoms with E-state index in [0.717, 1.165) is 29.7 Å². The number of phenolic OH excluding ortho intramolecular Hbond substituents is 1. The zero-order chi connectivity index (χ0) is 27.9. The fraction of sp³-hybridized carbons (Fsp3) is 0.182. The summed E-state index contributed by atoms with van der Waals surface area (Å²) >= 11 is 0. The van der Waals surface area contributed by atoms with Gasteiger partial charge in [-0.05, 0) is 78.9 Å². The Hall–Kier alpha value is -4.71. The van der Waals surface area contributed by atoms with E-state index >= 15 is 0 Å². The van der Waals surface area contributed by atoms with Crippen LogP contribution in [-0.2, 0) is 0 Å². The number of aromatic hydroxyl groups is 1. The molecular formula is C33H32N2O4. The molecule has 4 aromatic rings. The number of rotatable bonds is 9. The highest BCUT2D eigenvalue weighted by molar-refractivity contribution is 6.09. The maximum Gasteiger partial charge on any atom is 0.336 e. The largest absolute Gasteiger partial charge is 0.508 e. The quantitative estimate of drug-likeness (QED) is 0.199. The summed E-state index contributed by atoms with van der Waals surface area (Å²) in [4.78, 5) is 30.4. The van der Waals surface area contributed by atoms with Crippen LogP contribution >= 0.6 is 0 Å². The Kier molecular flexibility index (Phi) is 8.56. The Labute approximate surface area is 228 Å². The first-order valence-electron chi connectivity index (χ1n) is 13.0. The molecule has 0 aromatic heterocycles. The molecule has 1 amide bonds. The lowest BCUT2D eigenvalue weighted by molar-refractivity contribution is 0.0697. The van der Waals surface area contributed by atoms with Crippen LogP contribution in [0.4, 0.5) is 5.69 Å². The van der Waals surface area contributed by atoms with Crippen molar-refractivity contribution in [3.63, 3.8) is 0 Å². The van der Waals surface area contributed by atoms with Crippen molar-refractivity contribution < 1.29 is 19.8 Å². The van der Waals surface area contributed by atoms with E-state index in [-0.39, 0.29) is 28.8 Å². The van der Waals surface area contributed by atoms with Gasteiger partial charge in [0.25, 0.3) is 5.91 Å². The fourth-order valence-corrected chi connectivity index (χ4v) is 4.64. The van der Waals surface area contributed by atoms with E-state index in [1.807, 2.05) is 68.4 Å². The van der Waals surface area contributed by atoms with Crippen molar-refractivity contribution in [2.24, 2.45) is 4.99 Å². The van der Waals surface area contributed by atoms with Crippen molar-refractivity contribution in [2.45, 2.75) is 39.7 Å². The molecule has 1 atom stereocenters. The van der Waals surface area contributed by atoms with Gasteiger partial charge in [0.05, 0.1) is 17.3 Å². The lowest BCUT2D eigenvalue weighted by atomic mass is 9.91. The van der Waals surface area contributed by atoms with E-state index < -0.39 is 5.97 Å². The normalized spacial score (nSPS) is 12.1. The number of carboxylic acid groups (broad SMARTS) is 1. The van der Waals surface area contributed by atoms with Crippen LogP contribution in [-0.4, -0.2) is 27.8 Å². The van der Waals surface area contributed by atoms with Gasteiger partial charge in [-0.1, -0.05) is 67.9 Å². The van der Waals surface area contributed by atoms with Gasteiger partial charge in [-0.25, -0.2) is 4.79 Å². The second-order valence-electron chi connectivity index (χ2n) is 9.50. The number of aromatic carboxylic acids is 1. The molecule has 0 aliphatic carbocycles. The Morgan fingerprint density at radius 2 is 1.59 bits per heavy atom. The van der Waals surface area contributed by atoms with Gasteiger partial charge in [-0.3, -0.25) is 9.79 Å². The minimum Gasteiger partial charge on any atom is -0.508 e. The monoisotopic (exact) mass is 520 g/mol. The van der Waals surface area contributed by atoms with E-state index in [1.165, 1.54) is 12.1 Å². The number of hydrogen-bond acceptors (Lipinski definition) is 4. The summed E-state index contributed by atoms with van der Waals surface area (Å²) in [6.45, 7) is 5.87. The van der Waals surface area contributed by atoms with Crippen LogP contribution in [0.25, 0.3) is 11.1 Å². The summed E-state index contributed by atoms with van der Waals surface area (Å²) in [6, 6.07) is 26.7. The SMILES string of the molecule is CCCC(NC(=O)c1ccc(-c2cc(O)ccc2C(C)=Nc2ccccc2C)c(C(=O)O)c1)c1ccccc1. The third-order valence-corrected chi connectivity index (χ3v) is 6.68. The first-order valence-corrected chi connectivity index (χ1v) is 13.0. The van der Waals surface area contributed by atoms with Crippen molar-refractivity contribution in [3.8, 4) is 16.9 Å². The molecule has 0 fully saturated rings. The van der Waals surface area contributed by atoms with Crippen molar-refractivity contribution in [1.29, 1.82) is 0 Å². The summed E-state index contributed by atoms with van der Waals surface area (Å²) in [5.41, 5.74) is 5.28. The number of carbonyl (C=O) groups excluding carboxylic acids is 1. The number of carboxylic acids is 1. The van der Waals surface area contributed by atoms with Gasteiger partial charge in [-0.15, -0.1) is 0 Å². The van der Waals surface area contributed by atoms with Crippen LogP contribution in [0.3, 0.4) is 0 Å². The summed E-state index contributed by atoms with van der Waals surface area (Å²) < 4.78 is 0. The second kappa shape index (κ2) is 12.2. The number of aliphatic imine (C=N–C) groups is 1. The van der Waals surface area contributed by atoms with E-state index in [1.54, 1.807) is 24.3 Å². The molecule has 0 heterocycles. The molecule has 0 bridgehead atoms. The third kappa shape index (κ3) is 6.41. The number of hydrogen-bond donors (Lipinski definition) is 3. The second-order valence-corrected chi connectivity index (χ2v) is 9.50. The molecule has 1 unspecified atom stereocenters. The standard InChI is InChI=1S/C33H32N2O4/c1-4-10-31(23-12-6-5-7-13-23)35-32(37)24-15-17-27(29(19-24)33(38)39)28-20-25(36)16-18-26(28)22(3)34-30-14-9-8-11-21(30)2/h5-9,11-20,31,36H,4,10H2,1-3H3,(H,35,37)(H,38,39). The Bertz CT molecular complexity index is 1530. The molecule has 3 N–H and O–H groups in total. The highest BCUT2D eigenvalue weighted by Gasteiger charge is 2.21. The summed E-state index contributed by atoms with van der Waals surface area (Å²) in [5, 5.41) is 23.5. The minimum atomic E-state index is -1.17. The van der Waals surface area contributed by atoms with Gasteiger partial charge < -0.3 is 15.5 Å². The molecule has 0 radical (unpaired) electrons. The number of phenols is 1. The zero-order valence-corrected chi connectivity index (χ0v) is 22.3. The van der Waals surface area contributed by atoms with Gasteiger partial charge in [0.1, 0.15) is 5.75 Å². The predicted octanol–water partition coefficient (Wildman–Crippen LogP) is 7.48. The van der Waals surface area contributed by atoms with Gasteiger partial charge in [-0.2, -0.15) is 0 Å². The first-order chi connectivity index (χ1) is 18.8. The van der Waals surface area contributed by atoms with Gasteiger partial charge in [0.2, 0.25) is 0 Å². The van der Waals surface area contributed by atoms with Gasteiger partial charge in [0, 0.05) is 16.8 Å². The lowest BCUT2D eigenvalue weighted by Crippen LogP contribution is -2.28. The maximum absolute atomic E-state index is 13.2. The van der Waals surface area contributed by atoms with Crippen LogP contribution in [0.2, 0.25) is 0 Å². The Balaban J connectivity index is 1.73. The molecule has 4 aromatic carbocycles. The molecular weight excluding hydrogens is 488 g/mol. The number of nitrogens with zero attached hydrogens (tertiary/aromatic N) is 1. The average Bonchev–Trinajstić information content (AvgIpc) is 2.94. The maximum atomic E-state index is 13.2. The summed E-state index contributed by atoms with van der Waals surface area (Å²) in [5.74, 6) is -1.52. The molecule has 6 nitrogen and oxygen atoms in total. The number of carbonyl (C=O) groups is 2. The molecule has 0 aliphatic heterocycles. The average molecular weight is 521 g/mol. The van der Waals surface area contributed by atoms with Gasteiger partial charge >= 0.3 is 5.97 Å². The fourth-order valence-electron chi connectivity index (χ4n) is 4.64. The molecule has 198 valence electrons. The van der Waals surface area contributed by atoms with Crippen molar-refractivity contribution in [1.82, 2.24) is 5.32 Å². The summed E-state index contributed by atoms with van der Waals surface area (Å²) in [6.07, 6.45) is 1.63. The molecule has 6 heteroatoms. The van der Waals surface area contributed by atoms with Crippen LogP contribution in [0.15, 0.2) is 96.0 Å². The van der Waals surface area contributed by atoms with Crippen molar-refractivity contribution >= 4 is 23.3 Å². The molecule has 4 rings (SSSR count). The zero-order valence-electron chi connectivity index (χ0n) is 22.3. The number of aryl methyl sites for hydroxylation is 1. The Morgan fingerprint density at radius 3 is 2.28 bits per heavy atom. The van der Waals surface area contributed by atoms with E-state index in [0.29, 0.717) is 22.4 Å². The Morgan fingerprint density at radius 1 is 0.872 bits per heavy atom. The summed E-state index contributed by atoms with van der Waals surface area (Å²) in [7, 11) is 0. The number of amides is 1. The van der Waals surface area contributed by atoms with Gasteiger partial charge in [0.15, 0.2) is 0 Å². The van der Waals surface area contributed by atoms with Crippen LogP contribution in [0.1, 0.15) is 70.1 Å². The minimum absolute atomic E-state index is 0.000804. The third-order valence-electron chi connectivity index (χ3n) is 6.68.